The van der Waals surface area contributed by atoms with Gasteiger partial charge in [-0.3, -0.25) is 0 Å². The summed E-state index contributed by atoms with van der Waals surface area (Å²) >= 11 is 0. The zero-order valence-electron chi connectivity index (χ0n) is 9.75. The Morgan fingerprint density at radius 1 is 1.56 bits per heavy atom. The van der Waals surface area contributed by atoms with Gasteiger partial charge >= 0.3 is 0 Å². The average Bonchev–Trinajstić information content (AvgIpc) is 2.36. The molecule has 0 bridgehead atoms. The van der Waals surface area contributed by atoms with Crippen molar-refractivity contribution in [1.82, 2.24) is 9.97 Å². The third-order valence-electron chi connectivity index (χ3n) is 2.62. The molecule has 6 nitrogen and oxygen atoms in total. The second-order valence-corrected chi connectivity index (χ2v) is 3.61. The van der Waals surface area contributed by atoms with Crippen molar-refractivity contribution in [2.24, 2.45) is 10.9 Å². The van der Waals surface area contributed by atoms with E-state index >= 15 is 0 Å². The topological polar surface area (TPSA) is 87.6 Å². The van der Waals surface area contributed by atoms with Crippen molar-refractivity contribution in [2.45, 2.75) is 26.3 Å². The maximum Gasteiger partial charge on any atom is 0.190 e. The van der Waals surface area contributed by atoms with Crippen LogP contribution in [0.15, 0.2) is 17.5 Å². The van der Waals surface area contributed by atoms with Crippen LogP contribution in [0.4, 0.5) is 5.82 Å². The van der Waals surface area contributed by atoms with Crippen LogP contribution >= 0.6 is 0 Å². The Morgan fingerprint density at radius 2 is 2.25 bits per heavy atom. The molecule has 1 atom stereocenters. The second kappa shape index (κ2) is 5.29. The summed E-state index contributed by atoms with van der Waals surface area (Å²) in [5.74, 6) is 0.731. The van der Waals surface area contributed by atoms with Gasteiger partial charge in [0.15, 0.2) is 5.84 Å². The normalized spacial score (nSPS) is 13.6. The first-order chi connectivity index (χ1) is 7.60. The number of hydrogen-bond acceptors (Lipinski definition) is 5. The molecule has 0 spiro atoms. The van der Waals surface area contributed by atoms with Crippen molar-refractivity contribution >= 4 is 11.7 Å². The van der Waals surface area contributed by atoms with Gasteiger partial charge in [-0.15, -0.1) is 0 Å². The molecular weight excluding hydrogens is 206 g/mol. The molecule has 1 aromatic heterocycles. The van der Waals surface area contributed by atoms with Gasteiger partial charge in [-0.05, 0) is 13.3 Å². The van der Waals surface area contributed by atoms with E-state index < -0.39 is 0 Å². The van der Waals surface area contributed by atoms with E-state index in [2.05, 4.69) is 29.0 Å². The van der Waals surface area contributed by atoms with Gasteiger partial charge in [0, 0.05) is 13.1 Å². The highest BCUT2D eigenvalue weighted by atomic mass is 16.4. The molecule has 0 aliphatic heterocycles. The fourth-order valence-electron chi connectivity index (χ4n) is 1.19. The van der Waals surface area contributed by atoms with Crippen molar-refractivity contribution < 1.29 is 5.21 Å². The summed E-state index contributed by atoms with van der Waals surface area (Å²) in [6.07, 6.45) is 4.13. The molecule has 0 saturated heterocycles. The van der Waals surface area contributed by atoms with E-state index in [-0.39, 0.29) is 5.84 Å². The standard InChI is InChI=1S/C10H17N5O/c1-4-7(2)15(3)9-6-12-8(5-13-9)10(11)14-16/h5-7,16H,4H2,1-3H3,(H2,11,14). The Hall–Kier alpha value is -1.85. The lowest BCUT2D eigenvalue weighted by Crippen LogP contribution is -2.29. The SMILES string of the molecule is CCC(C)N(C)c1cnc(C(N)=NO)cn1. The van der Waals surface area contributed by atoms with Crippen LogP contribution in [0.1, 0.15) is 26.0 Å². The summed E-state index contributed by atoms with van der Waals surface area (Å²) in [7, 11) is 1.96. The minimum absolute atomic E-state index is 0.0368. The molecule has 3 N–H and O–H groups in total. The predicted octanol–water partition coefficient (Wildman–Crippen LogP) is 0.806. The Labute approximate surface area is 94.8 Å². The molecule has 0 amide bonds. The van der Waals surface area contributed by atoms with E-state index in [1.54, 1.807) is 6.20 Å². The van der Waals surface area contributed by atoms with Crippen LogP contribution in [0.3, 0.4) is 0 Å². The van der Waals surface area contributed by atoms with Crippen molar-refractivity contribution in [3.8, 4) is 0 Å². The predicted molar refractivity (Wildman–Crippen MR) is 62.7 cm³/mol. The lowest BCUT2D eigenvalue weighted by atomic mass is 10.2. The van der Waals surface area contributed by atoms with Gasteiger partial charge < -0.3 is 15.8 Å². The summed E-state index contributed by atoms with van der Waals surface area (Å²) < 4.78 is 0. The molecule has 16 heavy (non-hydrogen) atoms. The molecule has 1 aromatic rings. The maximum absolute atomic E-state index is 8.48. The highest BCUT2D eigenvalue weighted by molar-refractivity contribution is 5.94. The molecule has 0 aliphatic carbocycles. The van der Waals surface area contributed by atoms with Crippen LogP contribution < -0.4 is 10.6 Å². The largest absolute Gasteiger partial charge is 0.409 e. The van der Waals surface area contributed by atoms with Crippen LogP contribution in [-0.2, 0) is 0 Å². The minimum atomic E-state index is -0.0368. The van der Waals surface area contributed by atoms with Crippen LogP contribution in [0, 0.1) is 0 Å². The van der Waals surface area contributed by atoms with E-state index in [1.807, 2.05) is 11.9 Å². The lowest BCUT2D eigenvalue weighted by molar-refractivity contribution is 0.318. The molecule has 0 saturated carbocycles. The molecule has 1 heterocycles. The molecule has 0 aromatic carbocycles. The highest BCUT2D eigenvalue weighted by Gasteiger charge is 2.10. The summed E-state index contributed by atoms with van der Waals surface area (Å²) in [4.78, 5) is 10.3. The lowest BCUT2D eigenvalue weighted by Gasteiger charge is -2.24. The maximum atomic E-state index is 8.48. The van der Waals surface area contributed by atoms with Crippen LogP contribution in [-0.4, -0.2) is 34.1 Å². The third-order valence-corrected chi connectivity index (χ3v) is 2.62. The fourth-order valence-corrected chi connectivity index (χ4v) is 1.19. The van der Waals surface area contributed by atoms with E-state index in [0.717, 1.165) is 12.2 Å². The summed E-state index contributed by atoms with van der Waals surface area (Å²) in [5, 5.41) is 11.3. The molecule has 1 unspecified atom stereocenters. The zero-order chi connectivity index (χ0) is 12.1. The number of amidine groups is 1. The quantitative estimate of drug-likeness (QED) is 0.341. The van der Waals surface area contributed by atoms with Gasteiger partial charge in [0.25, 0.3) is 0 Å². The first-order valence-electron chi connectivity index (χ1n) is 5.12. The number of nitrogens with two attached hydrogens (primary N) is 1. The molecule has 88 valence electrons. The number of oxime groups is 1. The summed E-state index contributed by atoms with van der Waals surface area (Å²) in [5.41, 5.74) is 5.75. The number of nitrogens with zero attached hydrogens (tertiary/aromatic N) is 4. The average molecular weight is 223 g/mol. The zero-order valence-corrected chi connectivity index (χ0v) is 9.75. The Balaban J connectivity index is 2.86. The first-order valence-corrected chi connectivity index (χ1v) is 5.12. The van der Waals surface area contributed by atoms with E-state index in [1.165, 1.54) is 6.20 Å². The van der Waals surface area contributed by atoms with Crippen molar-refractivity contribution in [2.75, 3.05) is 11.9 Å². The Bertz CT molecular complexity index is 362. The van der Waals surface area contributed by atoms with Gasteiger partial charge in [-0.2, -0.15) is 0 Å². The van der Waals surface area contributed by atoms with E-state index in [9.17, 15) is 0 Å². The van der Waals surface area contributed by atoms with Crippen molar-refractivity contribution in [1.29, 1.82) is 0 Å². The molecule has 0 radical (unpaired) electrons. The Morgan fingerprint density at radius 3 is 2.69 bits per heavy atom. The van der Waals surface area contributed by atoms with Gasteiger partial charge in [-0.25, -0.2) is 9.97 Å². The molecule has 0 aliphatic rings. The van der Waals surface area contributed by atoms with Crippen LogP contribution in [0.25, 0.3) is 0 Å². The van der Waals surface area contributed by atoms with Gasteiger partial charge in [-0.1, -0.05) is 12.1 Å². The third kappa shape index (κ3) is 2.59. The summed E-state index contributed by atoms with van der Waals surface area (Å²) in [6.45, 7) is 4.22. The molecule has 1 rings (SSSR count). The Kier molecular flexibility index (Phi) is 4.04. The fraction of sp³-hybridized carbons (Fsp3) is 0.500. The number of hydrogen-bond donors (Lipinski definition) is 2. The van der Waals surface area contributed by atoms with Crippen molar-refractivity contribution in [3.63, 3.8) is 0 Å². The van der Waals surface area contributed by atoms with E-state index in [4.69, 9.17) is 10.9 Å². The summed E-state index contributed by atoms with van der Waals surface area (Å²) in [6, 6.07) is 0.393. The molecule has 6 heteroatoms. The van der Waals surface area contributed by atoms with Gasteiger partial charge in [0.05, 0.1) is 12.4 Å². The molecular formula is C10H17N5O. The van der Waals surface area contributed by atoms with Crippen LogP contribution in [0.5, 0.6) is 0 Å². The monoisotopic (exact) mass is 223 g/mol. The number of anilines is 1. The first kappa shape index (κ1) is 12.2. The van der Waals surface area contributed by atoms with Gasteiger partial charge in [0.2, 0.25) is 0 Å². The van der Waals surface area contributed by atoms with Gasteiger partial charge in [0.1, 0.15) is 11.5 Å². The number of rotatable bonds is 4. The second-order valence-electron chi connectivity index (χ2n) is 3.61. The highest BCUT2D eigenvalue weighted by Crippen LogP contribution is 2.11. The van der Waals surface area contributed by atoms with Crippen molar-refractivity contribution in [3.05, 3.63) is 18.1 Å². The molecule has 0 fully saturated rings. The van der Waals surface area contributed by atoms with E-state index in [0.29, 0.717) is 11.7 Å². The smallest absolute Gasteiger partial charge is 0.190 e. The number of aromatic nitrogens is 2. The van der Waals surface area contributed by atoms with Crippen LogP contribution in [0.2, 0.25) is 0 Å². The minimum Gasteiger partial charge on any atom is -0.409 e.